The van der Waals surface area contributed by atoms with Crippen LogP contribution in [0.25, 0.3) is 0 Å². The van der Waals surface area contributed by atoms with E-state index in [0.717, 1.165) is 69.2 Å². The molecule has 0 fully saturated rings. The summed E-state index contributed by atoms with van der Waals surface area (Å²) in [6, 6.07) is 0. The number of allylic oxidation sites excluding steroid dienone is 2. The molecule has 0 saturated carbocycles. The van der Waals surface area contributed by atoms with Crippen LogP contribution in [0.5, 0.6) is 0 Å². The maximum absolute atomic E-state index is 11.8. The van der Waals surface area contributed by atoms with Crippen molar-refractivity contribution in [3.63, 3.8) is 0 Å². The Balaban J connectivity index is 3.31. The van der Waals surface area contributed by atoms with Crippen molar-refractivity contribution in [1.29, 1.82) is 0 Å². The fourth-order valence-electron chi connectivity index (χ4n) is 3.97. The van der Waals surface area contributed by atoms with Gasteiger partial charge in [-0.2, -0.15) is 0 Å². The first-order chi connectivity index (χ1) is 16.7. The minimum absolute atomic E-state index is 0.207. The standard InChI is InChI=1S/C29H58N4O2/c1-32(2)26-20-24-30-28(34)22-18-16-14-12-10-8-6-7-9-11-13-15-17-19-23-29(35)31-25-21-27-33(3,4)5/h6-7H,8-27H2,1-5H3,(H-,30,31,34,35)/p+1. The molecule has 6 heteroatoms. The summed E-state index contributed by atoms with van der Waals surface area (Å²) in [5, 5.41) is 6.06. The van der Waals surface area contributed by atoms with Crippen molar-refractivity contribution in [2.45, 2.75) is 103 Å². The number of hydrogen-bond donors (Lipinski definition) is 2. The molecule has 0 aliphatic rings. The van der Waals surface area contributed by atoms with Crippen LogP contribution < -0.4 is 10.6 Å². The van der Waals surface area contributed by atoms with E-state index in [-0.39, 0.29) is 11.8 Å². The van der Waals surface area contributed by atoms with Gasteiger partial charge in [-0.05, 0) is 65.6 Å². The lowest BCUT2D eigenvalue weighted by Gasteiger charge is -2.23. The molecule has 0 heterocycles. The minimum Gasteiger partial charge on any atom is -0.356 e. The molecule has 0 aromatic rings. The number of amides is 2. The van der Waals surface area contributed by atoms with Gasteiger partial charge in [-0.25, -0.2) is 0 Å². The Morgan fingerprint density at radius 1 is 0.629 bits per heavy atom. The van der Waals surface area contributed by atoms with E-state index in [2.05, 4.69) is 62.9 Å². The van der Waals surface area contributed by atoms with E-state index in [1.165, 1.54) is 51.4 Å². The van der Waals surface area contributed by atoms with Crippen molar-refractivity contribution in [2.24, 2.45) is 0 Å². The lowest BCUT2D eigenvalue weighted by Crippen LogP contribution is -2.37. The summed E-state index contributed by atoms with van der Waals surface area (Å²) in [7, 11) is 10.7. The fraction of sp³-hybridized carbons (Fsp3) is 0.862. The zero-order valence-electron chi connectivity index (χ0n) is 24.0. The minimum atomic E-state index is 0.207. The molecule has 0 atom stereocenters. The highest BCUT2D eigenvalue weighted by Gasteiger charge is 2.06. The lowest BCUT2D eigenvalue weighted by molar-refractivity contribution is -0.870. The third kappa shape index (κ3) is 28.7. The summed E-state index contributed by atoms with van der Waals surface area (Å²) >= 11 is 0. The van der Waals surface area contributed by atoms with Gasteiger partial charge in [0.15, 0.2) is 0 Å². The van der Waals surface area contributed by atoms with Gasteiger partial charge >= 0.3 is 0 Å². The van der Waals surface area contributed by atoms with Crippen LogP contribution in [0.2, 0.25) is 0 Å². The smallest absolute Gasteiger partial charge is 0.219 e. The molecule has 0 aromatic carbocycles. The monoisotopic (exact) mass is 495 g/mol. The molecule has 0 aliphatic heterocycles. The average Bonchev–Trinajstić information content (AvgIpc) is 2.78. The molecule has 0 bridgehead atoms. The molecule has 0 aromatic heterocycles. The molecule has 2 N–H and O–H groups in total. The zero-order valence-corrected chi connectivity index (χ0v) is 24.0. The van der Waals surface area contributed by atoms with Crippen LogP contribution in [-0.4, -0.2) is 82.6 Å². The molecule has 2 amide bonds. The molecule has 0 rings (SSSR count). The van der Waals surface area contributed by atoms with Gasteiger partial charge in [0.05, 0.1) is 27.7 Å². The second kappa shape index (κ2) is 23.0. The van der Waals surface area contributed by atoms with E-state index in [0.29, 0.717) is 12.8 Å². The summed E-state index contributed by atoms with van der Waals surface area (Å²) in [6.45, 7) is 3.71. The summed E-state index contributed by atoms with van der Waals surface area (Å²) < 4.78 is 0.950. The van der Waals surface area contributed by atoms with Gasteiger partial charge in [-0.1, -0.05) is 50.7 Å². The Labute approximate surface area is 217 Å². The summed E-state index contributed by atoms with van der Waals surface area (Å²) in [5.41, 5.74) is 0. The van der Waals surface area contributed by atoms with E-state index in [9.17, 15) is 9.59 Å². The number of hydrogen-bond acceptors (Lipinski definition) is 3. The van der Waals surface area contributed by atoms with Crippen LogP contribution in [0.4, 0.5) is 0 Å². The highest BCUT2D eigenvalue weighted by atomic mass is 16.2. The number of carbonyl (C=O) groups is 2. The molecule has 0 aliphatic carbocycles. The van der Waals surface area contributed by atoms with E-state index in [1.807, 2.05) is 0 Å². The predicted molar refractivity (Wildman–Crippen MR) is 150 cm³/mol. The molecule has 35 heavy (non-hydrogen) atoms. The number of nitrogens with zero attached hydrogens (tertiary/aromatic N) is 2. The molecular weight excluding hydrogens is 436 g/mol. The van der Waals surface area contributed by atoms with Crippen LogP contribution in [0.15, 0.2) is 12.2 Å². The average molecular weight is 496 g/mol. The number of carbonyl (C=O) groups excluding carboxylic acids is 2. The SMILES string of the molecule is CN(C)CCCNC(=O)CCCCCCCC=CCCCCCCCC(=O)NCCC[N+](C)(C)C. The molecule has 6 nitrogen and oxygen atoms in total. The molecule has 0 radical (unpaired) electrons. The van der Waals surface area contributed by atoms with Crippen molar-refractivity contribution in [2.75, 3.05) is 61.4 Å². The Hall–Kier alpha value is -1.40. The van der Waals surface area contributed by atoms with Crippen molar-refractivity contribution in [3.05, 3.63) is 12.2 Å². The van der Waals surface area contributed by atoms with Crippen LogP contribution in [0.3, 0.4) is 0 Å². The Morgan fingerprint density at radius 2 is 1.06 bits per heavy atom. The maximum Gasteiger partial charge on any atom is 0.219 e. The fourth-order valence-corrected chi connectivity index (χ4v) is 3.97. The first-order valence-corrected chi connectivity index (χ1v) is 14.3. The van der Waals surface area contributed by atoms with Crippen molar-refractivity contribution in [3.8, 4) is 0 Å². The zero-order chi connectivity index (χ0) is 26.2. The second-order valence-corrected chi connectivity index (χ2v) is 11.3. The third-order valence-electron chi connectivity index (χ3n) is 6.15. The summed E-state index contributed by atoms with van der Waals surface area (Å²) in [4.78, 5) is 25.8. The molecule has 0 unspecified atom stereocenters. The normalized spacial score (nSPS) is 11.9. The number of unbranched alkanes of at least 4 members (excludes halogenated alkanes) is 10. The van der Waals surface area contributed by atoms with Crippen LogP contribution in [-0.2, 0) is 9.59 Å². The van der Waals surface area contributed by atoms with Gasteiger partial charge in [0, 0.05) is 32.4 Å². The van der Waals surface area contributed by atoms with Crippen molar-refractivity contribution in [1.82, 2.24) is 15.5 Å². The molecule has 0 saturated heterocycles. The Bertz CT molecular complexity index is 541. The van der Waals surface area contributed by atoms with Gasteiger partial charge in [-0.15, -0.1) is 0 Å². The van der Waals surface area contributed by atoms with Gasteiger partial charge in [-0.3, -0.25) is 9.59 Å². The summed E-state index contributed by atoms with van der Waals surface area (Å²) in [6.07, 6.45) is 22.3. The van der Waals surface area contributed by atoms with Crippen LogP contribution in [0, 0.1) is 0 Å². The van der Waals surface area contributed by atoms with E-state index >= 15 is 0 Å². The molecule has 206 valence electrons. The first-order valence-electron chi connectivity index (χ1n) is 14.3. The Kier molecular flexibility index (Phi) is 22.1. The second-order valence-electron chi connectivity index (χ2n) is 11.3. The summed E-state index contributed by atoms with van der Waals surface area (Å²) in [5.74, 6) is 0.421. The van der Waals surface area contributed by atoms with Gasteiger partial charge in [0.2, 0.25) is 11.8 Å². The number of rotatable bonds is 24. The number of nitrogens with one attached hydrogen (secondary N) is 2. The van der Waals surface area contributed by atoms with Gasteiger partial charge in [0.25, 0.3) is 0 Å². The topological polar surface area (TPSA) is 61.4 Å². The van der Waals surface area contributed by atoms with E-state index in [4.69, 9.17) is 0 Å². The highest BCUT2D eigenvalue weighted by molar-refractivity contribution is 5.76. The van der Waals surface area contributed by atoms with Crippen LogP contribution in [0.1, 0.15) is 103 Å². The Morgan fingerprint density at radius 3 is 1.51 bits per heavy atom. The van der Waals surface area contributed by atoms with Gasteiger partial charge < -0.3 is 20.0 Å². The molecular formula is C29H59N4O2+. The van der Waals surface area contributed by atoms with Gasteiger partial charge in [0.1, 0.15) is 0 Å². The highest BCUT2D eigenvalue weighted by Crippen LogP contribution is 2.10. The lowest BCUT2D eigenvalue weighted by atomic mass is 10.1. The van der Waals surface area contributed by atoms with E-state index in [1.54, 1.807) is 0 Å². The van der Waals surface area contributed by atoms with Crippen LogP contribution >= 0.6 is 0 Å². The number of quaternary nitrogens is 1. The maximum atomic E-state index is 11.8. The third-order valence-corrected chi connectivity index (χ3v) is 6.15. The van der Waals surface area contributed by atoms with Crippen molar-refractivity contribution < 1.29 is 14.1 Å². The van der Waals surface area contributed by atoms with E-state index < -0.39 is 0 Å². The quantitative estimate of drug-likeness (QED) is 0.109. The molecule has 0 spiro atoms. The largest absolute Gasteiger partial charge is 0.356 e. The predicted octanol–water partition coefficient (Wildman–Crippen LogP) is 5.28. The first kappa shape index (κ1) is 33.6. The van der Waals surface area contributed by atoms with Crippen molar-refractivity contribution >= 4 is 11.8 Å².